The molecule has 18 heavy (non-hydrogen) atoms. The Kier molecular flexibility index (Phi) is 4.59. The van der Waals surface area contributed by atoms with Crippen molar-refractivity contribution in [2.45, 2.75) is 6.42 Å². The van der Waals surface area contributed by atoms with Gasteiger partial charge in [-0.25, -0.2) is 0 Å². The fourth-order valence-corrected chi connectivity index (χ4v) is 3.18. The fraction of sp³-hybridized carbons (Fsp3) is 0.462. The number of nitrogens with zero attached hydrogens (tertiary/aromatic N) is 1. The van der Waals surface area contributed by atoms with E-state index in [1.54, 1.807) is 0 Å². The second-order valence-electron chi connectivity index (χ2n) is 4.86. The molecule has 1 aliphatic heterocycles. The van der Waals surface area contributed by atoms with Gasteiger partial charge in [0.2, 0.25) is 0 Å². The summed E-state index contributed by atoms with van der Waals surface area (Å²) >= 11 is 8.47. The van der Waals surface area contributed by atoms with Crippen molar-refractivity contribution in [2.75, 3.05) is 32.0 Å². The molecular formula is C13H18BrN3S. The lowest BCUT2D eigenvalue weighted by atomic mass is 10.1. The van der Waals surface area contributed by atoms with Crippen molar-refractivity contribution in [3.05, 3.63) is 28.2 Å². The molecule has 1 aromatic rings. The Balaban J connectivity index is 1.94. The molecule has 1 heterocycles. The summed E-state index contributed by atoms with van der Waals surface area (Å²) in [6.07, 6.45) is 1.27. The molecule has 1 aromatic carbocycles. The van der Waals surface area contributed by atoms with Gasteiger partial charge in [0.1, 0.15) is 4.99 Å². The monoisotopic (exact) mass is 327 g/mol. The van der Waals surface area contributed by atoms with Crippen LogP contribution in [0.2, 0.25) is 0 Å². The van der Waals surface area contributed by atoms with E-state index in [-0.39, 0.29) is 0 Å². The topological polar surface area (TPSA) is 41.3 Å². The molecule has 1 aliphatic rings. The highest BCUT2D eigenvalue weighted by Gasteiger charge is 2.18. The van der Waals surface area contributed by atoms with Gasteiger partial charge in [0.05, 0.1) is 0 Å². The van der Waals surface area contributed by atoms with Gasteiger partial charge in [-0.05, 0) is 60.1 Å². The van der Waals surface area contributed by atoms with Crippen LogP contribution in [0.25, 0.3) is 0 Å². The zero-order chi connectivity index (χ0) is 13.1. The number of benzene rings is 1. The van der Waals surface area contributed by atoms with E-state index in [1.807, 2.05) is 18.2 Å². The third-order valence-corrected chi connectivity index (χ3v) is 4.19. The number of nitrogens with two attached hydrogens (primary N) is 1. The molecular weight excluding hydrogens is 310 g/mol. The van der Waals surface area contributed by atoms with Gasteiger partial charge in [-0.1, -0.05) is 12.2 Å². The Morgan fingerprint density at radius 1 is 1.61 bits per heavy atom. The van der Waals surface area contributed by atoms with Crippen LogP contribution in [0, 0.1) is 5.92 Å². The molecule has 1 unspecified atom stereocenters. The lowest BCUT2D eigenvalue weighted by Gasteiger charge is -2.13. The highest BCUT2D eigenvalue weighted by molar-refractivity contribution is 9.10. The van der Waals surface area contributed by atoms with Gasteiger partial charge in [0, 0.05) is 28.8 Å². The van der Waals surface area contributed by atoms with E-state index in [0.29, 0.717) is 4.99 Å². The number of thiocarbonyl (C=S) groups is 1. The maximum Gasteiger partial charge on any atom is 0.105 e. The summed E-state index contributed by atoms with van der Waals surface area (Å²) in [5.74, 6) is 0.740. The van der Waals surface area contributed by atoms with Gasteiger partial charge in [-0.2, -0.15) is 0 Å². The maximum absolute atomic E-state index is 5.63. The number of hydrogen-bond acceptors (Lipinski definition) is 3. The molecule has 0 aromatic heterocycles. The first-order valence-electron chi connectivity index (χ1n) is 6.08. The molecule has 3 nitrogen and oxygen atoms in total. The largest absolute Gasteiger partial charge is 0.389 e. The first-order chi connectivity index (χ1) is 8.56. The van der Waals surface area contributed by atoms with Crippen LogP contribution in [0.1, 0.15) is 12.0 Å². The van der Waals surface area contributed by atoms with Crippen molar-refractivity contribution < 1.29 is 0 Å². The molecule has 2 rings (SSSR count). The highest BCUT2D eigenvalue weighted by atomic mass is 79.9. The molecule has 0 bridgehead atoms. The van der Waals surface area contributed by atoms with Crippen molar-refractivity contribution in [2.24, 2.45) is 11.7 Å². The van der Waals surface area contributed by atoms with Crippen LogP contribution in [0.4, 0.5) is 5.69 Å². The lowest BCUT2D eigenvalue weighted by molar-refractivity contribution is 0.399. The molecule has 1 fully saturated rings. The minimum absolute atomic E-state index is 0.422. The summed E-state index contributed by atoms with van der Waals surface area (Å²) in [5.41, 5.74) is 7.62. The third kappa shape index (κ3) is 3.43. The van der Waals surface area contributed by atoms with Crippen LogP contribution in [-0.2, 0) is 0 Å². The Hall–Kier alpha value is -0.650. The molecule has 98 valence electrons. The van der Waals surface area contributed by atoms with E-state index in [0.717, 1.165) is 28.2 Å². The van der Waals surface area contributed by atoms with Crippen molar-refractivity contribution in [1.29, 1.82) is 0 Å². The number of halogens is 1. The molecule has 1 saturated heterocycles. The smallest absolute Gasteiger partial charge is 0.105 e. The van der Waals surface area contributed by atoms with Gasteiger partial charge < -0.3 is 16.0 Å². The second kappa shape index (κ2) is 5.99. The van der Waals surface area contributed by atoms with Crippen LogP contribution in [0.5, 0.6) is 0 Å². The molecule has 5 heteroatoms. The highest BCUT2D eigenvalue weighted by Crippen LogP contribution is 2.22. The predicted molar refractivity (Wildman–Crippen MR) is 84.1 cm³/mol. The number of rotatable bonds is 4. The summed E-state index contributed by atoms with van der Waals surface area (Å²) < 4.78 is 0.948. The Bertz CT molecular complexity index is 450. The van der Waals surface area contributed by atoms with Gasteiger partial charge in [0.25, 0.3) is 0 Å². The average Bonchev–Trinajstić information content (AvgIpc) is 2.72. The van der Waals surface area contributed by atoms with Crippen LogP contribution < -0.4 is 11.1 Å². The van der Waals surface area contributed by atoms with Crippen molar-refractivity contribution >= 4 is 38.8 Å². The Morgan fingerprint density at radius 2 is 2.39 bits per heavy atom. The molecule has 0 saturated carbocycles. The minimum atomic E-state index is 0.422. The van der Waals surface area contributed by atoms with Crippen molar-refractivity contribution in [3.63, 3.8) is 0 Å². The minimum Gasteiger partial charge on any atom is -0.389 e. The summed E-state index contributed by atoms with van der Waals surface area (Å²) in [7, 11) is 2.17. The first-order valence-corrected chi connectivity index (χ1v) is 7.28. The zero-order valence-corrected chi connectivity index (χ0v) is 12.9. The summed E-state index contributed by atoms with van der Waals surface area (Å²) in [5, 5.41) is 3.47. The van der Waals surface area contributed by atoms with Crippen LogP contribution in [0.15, 0.2) is 22.7 Å². The van der Waals surface area contributed by atoms with Crippen LogP contribution in [0.3, 0.4) is 0 Å². The number of hydrogen-bond donors (Lipinski definition) is 2. The zero-order valence-electron chi connectivity index (χ0n) is 10.4. The molecule has 0 amide bonds. The second-order valence-corrected chi connectivity index (χ2v) is 6.15. The molecule has 0 spiro atoms. The third-order valence-electron chi connectivity index (χ3n) is 3.32. The molecule has 0 radical (unpaired) electrons. The summed E-state index contributed by atoms with van der Waals surface area (Å²) in [4.78, 5) is 2.80. The van der Waals surface area contributed by atoms with E-state index >= 15 is 0 Å². The van der Waals surface area contributed by atoms with Gasteiger partial charge >= 0.3 is 0 Å². The maximum atomic E-state index is 5.63. The normalized spacial score (nSPS) is 20.0. The van der Waals surface area contributed by atoms with E-state index < -0.39 is 0 Å². The van der Waals surface area contributed by atoms with E-state index in [1.165, 1.54) is 19.5 Å². The van der Waals surface area contributed by atoms with E-state index in [4.69, 9.17) is 18.0 Å². The molecule has 1 atom stereocenters. The molecule has 0 aliphatic carbocycles. The fourth-order valence-electron chi connectivity index (χ4n) is 2.28. The van der Waals surface area contributed by atoms with Crippen LogP contribution in [-0.4, -0.2) is 36.6 Å². The predicted octanol–water partition coefficient (Wildman–Crippen LogP) is 2.45. The van der Waals surface area contributed by atoms with E-state index in [2.05, 4.69) is 33.2 Å². The van der Waals surface area contributed by atoms with Gasteiger partial charge in [-0.15, -0.1) is 0 Å². The lowest BCUT2D eigenvalue weighted by Crippen LogP contribution is -2.19. The summed E-state index contributed by atoms with van der Waals surface area (Å²) in [6, 6.07) is 6.01. The first kappa shape index (κ1) is 13.8. The van der Waals surface area contributed by atoms with Crippen molar-refractivity contribution in [3.8, 4) is 0 Å². The molecule has 3 N–H and O–H groups in total. The van der Waals surface area contributed by atoms with Crippen LogP contribution >= 0.6 is 28.1 Å². The Morgan fingerprint density at radius 3 is 2.94 bits per heavy atom. The number of likely N-dealkylation sites (tertiary alicyclic amines) is 1. The quantitative estimate of drug-likeness (QED) is 0.833. The van der Waals surface area contributed by atoms with Gasteiger partial charge in [-0.3, -0.25) is 0 Å². The number of nitrogens with one attached hydrogen (secondary N) is 1. The SMILES string of the molecule is CN1CCC(CNc2ccc(C(N)=S)c(Br)c2)C1. The number of anilines is 1. The van der Waals surface area contributed by atoms with Crippen molar-refractivity contribution in [1.82, 2.24) is 4.90 Å². The Labute approximate surface area is 122 Å². The average molecular weight is 328 g/mol. The summed E-state index contributed by atoms with van der Waals surface area (Å²) in [6.45, 7) is 3.40. The van der Waals surface area contributed by atoms with Gasteiger partial charge in [0.15, 0.2) is 0 Å². The van der Waals surface area contributed by atoms with E-state index in [9.17, 15) is 0 Å². The standard InChI is InChI=1S/C13H18BrN3S/c1-17-5-4-9(8-17)7-16-10-2-3-11(13(15)18)12(14)6-10/h2-3,6,9,16H,4-5,7-8H2,1H3,(H2,15,18).